The highest BCUT2D eigenvalue weighted by Crippen LogP contribution is 2.34. The summed E-state index contributed by atoms with van der Waals surface area (Å²) in [6.07, 6.45) is 6.36. The molecule has 28 heavy (non-hydrogen) atoms. The Morgan fingerprint density at radius 3 is 2.79 bits per heavy atom. The second-order valence-electron chi connectivity index (χ2n) is 8.34. The molecule has 4 aromatic rings. The van der Waals surface area contributed by atoms with Gasteiger partial charge in [-0.15, -0.1) is 0 Å². The maximum Gasteiger partial charge on any atom is 0.215 e. The maximum atomic E-state index is 4.85. The fraction of sp³-hybridized carbons (Fsp3) is 0.280. The molecule has 0 aliphatic carbocycles. The van der Waals surface area contributed by atoms with Crippen molar-refractivity contribution < 1.29 is 4.57 Å². The number of rotatable bonds is 3. The van der Waals surface area contributed by atoms with Gasteiger partial charge in [-0.3, -0.25) is 0 Å². The van der Waals surface area contributed by atoms with E-state index in [4.69, 9.17) is 4.98 Å². The predicted octanol–water partition coefficient (Wildman–Crippen LogP) is 5.21. The highest BCUT2D eigenvalue weighted by atomic mass is 15.1. The van der Waals surface area contributed by atoms with Gasteiger partial charge in [0.1, 0.15) is 12.9 Å². The molecule has 5 rings (SSSR count). The standard InChI is InChI=1S/C25H26N3/c1-16(2)15-18-7-5-8-21-19(18)11-13-22(27(21)4)24-17(3)10-12-20-25(24)28-14-6-9-23(28)26-20/h5-8,10-14,16H,9,15H2,1-4H3/q+1. The molecule has 0 N–H and O–H groups in total. The van der Waals surface area contributed by atoms with E-state index in [9.17, 15) is 0 Å². The molecule has 3 heteroatoms. The van der Waals surface area contributed by atoms with Crippen molar-refractivity contribution in [2.75, 3.05) is 0 Å². The van der Waals surface area contributed by atoms with Gasteiger partial charge in [0, 0.05) is 30.1 Å². The van der Waals surface area contributed by atoms with Crippen LogP contribution in [0.5, 0.6) is 0 Å². The Balaban J connectivity index is 1.80. The van der Waals surface area contributed by atoms with Gasteiger partial charge in [0.05, 0.1) is 16.6 Å². The van der Waals surface area contributed by atoms with E-state index < -0.39 is 0 Å². The summed E-state index contributed by atoms with van der Waals surface area (Å²) in [7, 11) is 2.19. The monoisotopic (exact) mass is 368 g/mol. The number of benzene rings is 2. The molecule has 0 fully saturated rings. The molecular formula is C25H26N3+. The van der Waals surface area contributed by atoms with E-state index in [1.54, 1.807) is 0 Å². The molecule has 0 saturated heterocycles. The van der Waals surface area contributed by atoms with Gasteiger partial charge in [-0.25, -0.2) is 4.98 Å². The molecule has 0 spiro atoms. The number of fused-ring (bicyclic) bond motifs is 4. The first kappa shape index (κ1) is 17.2. The average Bonchev–Trinajstić information content (AvgIpc) is 3.24. The van der Waals surface area contributed by atoms with Crippen molar-refractivity contribution in [2.45, 2.75) is 33.6 Å². The van der Waals surface area contributed by atoms with Crippen LogP contribution in [-0.4, -0.2) is 9.55 Å². The van der Waals surface area contributed by atoms with Crippen molar-refractivity contribution in [1.29, 1.82) is 0 Å². The summed E-state index contributed by atoms with van der Waals surface area (Å²) in [4.78, 5) is 4.85. The lowest BCUT2D eigenvalue weighted by Gasteiger charge is -2.12. The molecule has 2 aromatic heterocycles. The van der Waals surface area contributed by atoms with Gasteiger partial charge < -0.3 is 4.57 Å². The molecular weight excluding hydrogens is 342 g/mol. The lowest BCUT2D eigenvalue weighted by atomic mass is 9.97. The third-order valence-corrected chi connectivity index (χ3v) is 5.88. The van der Waals surface area contributed by atoms with Crippen LogP contribution in [0.2, 0.25) is 0 Å². The molecule has 3 heterocycles. The smallest absolute Gasteiger partial charge is 0.215 e. The fourth-order valence-corrected chi connectivity index (χ4v) is 4.59. The molecule has 140 valence electrons. The molecule has 1 aliphatic heterocycles. The summed E-state index contributed by atoms with van der Waals surface area (Å²) in [5.41, 5.74) is 8.80. The van der Waals surface area contributed by atoms with Crippen molar-refractivity contribution in [1.82, 2.24) is 9.55 Å². The van der Waals surface area contributed by atoms with Crippen LogP contribution in [-0.2, 0) is 19.9 Å². The van der Waals surface area contributed by atoms with Gasteiger partial charge in [-0.05, 0) is 42.5 Å². The summed E-state index contributed by atoms with van der Waals surface area (Å²) in [5, 5.41) is 1.35. The normalized spacial score (nSPS) is 13.2. The average molecular weight is 369 g/mol. The Kier molecular flexibility index (Phi) is 3.87. The molecule has 1 aliphatic rings. The minimum Gasteiger partial charge on any atom is -0.302 e. The molecule has 0 radical (unpaired) electrons. The van der Waals surface area contributed by atoms with Crippen LogP contribution in [0.1, 0.15) is 30.8 Å². The number of hydrogen-bond donors (Lipinski definition) is 0. The predicted molar refractivity (Wildman–Crippen MR) is 116 cm³/mol. The second kappa shape index (κ2) is 6.30. The number of pyridine rings is 1. The summed E-state index contributed by atoms with van der Waals surface area (Å²) in [5.74, 6) is 1.78. The third-order valence-electron chi connectivity index (χ3n) is 5.88. The molecule has 0 atom stereocenters. The maximum absolute atomic E-state index is 4.85. The Morgan fingerprint density at radius 2 is 1.96 bits per heavy atom. The quantitative estimate of drug-likeness (QED) is 0.455. The minimum absolute atomic E-state index is 0.646. The Bertz CT molecular complexity index is 1260. The minimum atomic E-state index is 0.646. The highest BCUT2D eigenvalue weighted by Gasteiger charge is 2.24. The van der Waals surface area contributed by atoms with Crippen LogP contribution in [0, 0.1) is 12.8 Å². The molecule has 2 aromatic carbocycles. The van der Waals surface area contributed by atoms with E-state index in [1.807, 2.05) is 0 Å². The molecule has 3 nitrogen and oxygen atoms in total. The zero-order chi connectivity index (χ0) is 19.4. The van der Waals surface area contributed by atoms with Crippen LogP contribution >= 0.6 is 0 Å². The van der Waals surface area contributed by atoms with E-state index in [1.165, 1.54) is 38.8 Å². The molecule has 0 amide bonds. The first-order valence-electron chi connectivity index (χ1n) is 10.1. The van der Waals surface area contributed by atoms with Crippen molar-refractivity contribution >= 4 is 28.1 Å². The van der Waals surface area contributed by atoms with E-state index in [0.717, 1.165) is 24.2 Å². The number of aromatic nitrogens is 3. The van der Waals surface area contributed by atoms with Crippen LogP contribution < -0.4 is 4.57 Å². The Hall–Kier alpha value is -2.94. The SMILES string of the molecule is Cc1ccc2nc3n(c2c1-c1ccc2c(CC(C)C)cccc2[n+]1C)C=CC3. The van der Waals surface area contributed by atoms with Gasteiger partial charge in [0.15, 0.2) is 0 Å². The summed E-state index contributed by atoms with van der Waals surface area (Å²) in [6, 6.07) is 15.6. The van der Waals surface area contributed by atoms with Crippen LogP contribution in [0.3, 0.4) is 0 Å². The summed E-state index contributed by atoms with van der Waals surface area (Å²) in [6.45, 7) is 6.77. The van der Waals surface area contributed by atoms with Crippen LogP contribution in [0.4, 0.5) is 0 Å². The third kappa shape index (κ3) is 2.50. The lowest BCUT2D eigenvalue weighted by Crippen LogP contribution is -2.32. The van der Waals surface area contributed by atoms with Crippen LogP contribution in [0.25, 0.3) is 39.4 Å². The largest absolute Gasteiger partial charge is 0.302 e. The van der Waals surface area contributed by atoms with Gasteiger partial charge in [0.2, 0.25) is 11.2 Å². The summed E-state index contributed by atoms with van der Waals surface area (Å²) < 4.78 is 4.61. The second-order valence-corrected chi connectivity index (χ2v) is 8.34. The summed E-state index contributed by atoms with van der Waals surface area (Å²) >= 11 is 0. The van der Waals surface area contributed by atoms with E-state index in [0.29, 0.717) is 5.92 Å². The number of hydrogen-bond acceptors (Lipinski definition) is 1. The van der Waals surface area contributed by atoms with E-state index in [2.05, 4.69) is 91.7 Å². The van der Waals surface area contributed by atoms with Crippen LogP contribution in [0.15, 0.2) is 48.5 Å². The molecule has 0 unspecified atom stereocenters. The number of aryl methyl sites for hydroxylation is 2. The van der Waals surface area contributed by atoms with Gasteiger partial charge in [-0.1, -0.05) is 38.1 Å². The fourth-order valence-electron chi connectivity index (χ4n) is 4.59. The first-order valence-corrected chi connectivity index (χ1v) is 10.1. The molecule has 0 saturated carbocycles. The number of imidazole rings is 1. The van der Waals surface area contributed by atoms with Crippen molar-refractivity contribution in [3.63, 3.8) is 0 Å². The van der Waals surface area contributed by atoms with Gasteiger partial charge in [-0.2, -0.15) is 4.57 Å². The number of allylic oxidation sites excluding steroid dienone is 1. The lowest BCUT2D eigenvalue weighted by molar-refractivity contribution is -0.633. The van der Waals surface area contributed by atoms with Gasteiger partial charge >= 0.3 is 0 Å². The Labute approximate surface area is 166 Å². The number of nitrogens with zero attached hydrogens (tertiary/aromatic N) is 3. The van der Waals surface area contributed by atoms with Crippen molar-refractivity contribution in [3.8, 4) is 11.3 Å². The Morgan fingerprint density at radius 1 is 1.11 bits per heavy atom. The zero-order valence-corrected chi connectivity index (χ0v) is 17.0. The van der Waals surface area contributed by atoms with Crippen molar-refractivity contribution in [3.05, 3.63) is 65.5 Å². The van der Waals surface area contributed by atoms with Crippen molar-refractivity contribution in [2.24, 2.45) is 13.0 Å². The zero-order valence-electron chi connectivity index (χ0n) is 17.0. The van der Waals surface area contributed by atoms with E-state index in [-0.39, 0.29) is 0 Å². The first-order chi connectivity index (χ1) is 13.5. The van der Waals surface area contributed by atoms with E-state index >= 15 is 0 Å². The van der Waals surface area contributed by atoms with Gasteiger partial charge in [0.25, 0.3) is 0 Å². The topological polar surface area (TPSA) is 21.7 Å². The molecule has 0 bridgehead atoms. The highest BCUT2D eigenvalue weighted by molar-refractivity contribution is 5.95.